The maximum absolute atomic E-state index is 9.83. The van der Waals surface area contributed by atoms with E-state index in [0.29, 0.717) is 17.0 Å². The number of ether oxygens (including phenoxy) is 1. The number of nitrogens with two attached hydrogens (primary N) is 1. The van der Waals surface area contributed by atoms with E-state index in [1.165, 1.54) is 0 Å². The second kappa shape index (κ2) is 4.14. The first-order chi connectivity index (χ1) is 7.74. The lowest BCUT2D eigenvalue weighted by atomic mass is 10.0. The number of hydrogen-bond acceptors (Lipinski definition) is 3. The summed E-state index contributed by atoms with van der Waals surface area (Å²) in [5, 5.41) is 9.83. The Morgan fingerprint density at radius 1 is 1.06 bits per heavy atom. The van der Waals surface area contributed by atoms with Crippen molar-refractivity contribution >= 4 is 5.69 Å². The van der Waals surface area contributed by atoms with Gasteiger partial charge in [-0.2, -0.15) is 0 Å². The van der Waals surface area contributed by atoms with Gasteiger partial charge in [0.15, 0.2) is 0 Å². The number of aromatic hydroxyl groups is 1. The van der Waals surface area contributed by atoms with Crippen LogP contribution >= 0.6 is 0 Å². The number of benzene rings is 2. The Kier molecular flexibility index (Phi) is 2.68. The lowest BCUT2D eigenvalue weighted by Crippen LogP contribution is -1.95. The van der Waals surface area contributed by atoms with E-state index in [2.05, 4.69) is 0 Å². The maximum Gasteiger partial charge on any atom is 0.142 e. The van der Waals surface area contributed by atoms with Crippen molar-refractivity contribution in [3.8, 4) is 22.6 Å². The number of hydrogen-bond donors (Lipinski definition) is 2. The van der Waals surface area contributed by atoms with E-state index >= 15 is 0 Å². The van der Waals surface area contributed by atoms with Crippen molar-refractivity contribution in [3.63, 3.8) is 0 Å². The Labute approximate surface area is 94.1 Å². The van der Waals surface area contributed by atoms with Gasteiger partial charge in [0, 0.05) is 0 Å². The first-order valence-electron chi connectivity index (χ1n) is 4.95. The zero-order chi connectivity index (χ0) is 11.5. The fourth-order valence-electron chi connectivity index (χ4n) is 1.68. The summed E-state index contributed by atoms with van der Waals surface area (Å²) in [6.45, 7) is 0. The van der Waals surface area contributed by atoms with E-state index in [4.69, 9.17) is 10.5 Å². The highest BCUT2D eigenvalue weighted by molar-refractivity contribution is 5.85. The lowest BCUT2D eigenvalue weighted by Gasteiger charge is -2.11. The standard InChI is InChI=1S/C13H13NO2/c1-16-11-8-7-10(15)12(13(11)14)9-5-3-2-4-6-9/h2-8,15H,14H2,1H3. The van der Waals surface area contributed by atoms with Crippen LogP contribution in [0.1, 0.15) is 0 Å². The van der Waals surface area contributed by atoms with Crippen LogP contribution in [0.2, 0.25) is 0 Å². The summed E-state index contributed by atoms with van der Waals surface area (Å²) in [4.78, 5) is 0. The molecule has 0 saturated carbocycles. The average Bonchev–Trinajstić information content (AvgIpc) is 2.31. The number of methoxy groups -OCH3 is 1. The van der Waals surface area contributed by atoms with Crippen molar-refractivity contribution in [2.75, 3.05) is 12.8 Å². The zero-order valence-corrected chi connectivity index (χ0v) is 8.97. The van der Waals surface area contributed by atoms with Gasteiger partial charge in [0.25, 0.3) is 0 Å². The molecule has 0 aliphatic carbocycles. The van der Waals surface area contributed by atoms with Gasteiger partial charge in [-0.05, 0) is 17.7 Å². The molecule has 3 N–H and O–H groups in total. The monoisotopic (exact) mass is 215 g/mol. The Bertz CT molecular complexity index is 495. The summed E-state index contributed by atoms with van der Waals surface area (Å²) < 4.78 is 5.13. The average molecular weight is 215 g/mol. The van der Waals surface area contributed by atoms with Crippen LogP contribution in [0, 0.1) is 0 Å². The molecule has 3 nitrogen and oxygen atoms in total. The first-order valence-corrected chi connectivity index (χ1v) is 4.95. The number of rotatable bonds is 2. The molecular weight excluding hydrogens is 202 g/mol. The molecule has 0 aliphatic heterocycles. The predicted octanol–water partition coefficient (Wildman–Crippen LogP) is 2.65. The van der Waals surface area contributed by atoms with Gasteiger partial charge in [-0.3, -0.25) is 0 Å². The van der Waals surface area contributed by atoms with Crippen molar-refractivity contribution in [1.82, 2.24) is 0 Å². The van der Waals surface area contributed by atoms with Gasteiger partial charge < -0.3 is 15.6 Å². The van der Waals surface area contributed by atoms with Crippen LogP contribution in [0.25, 0.3) is 11.1 Å². The second-order valence-corrected chi connectivity index (χ2v) is 3.44. The van der Waals surface area contributed by atoms with Crippen LogP contribution in [-0.2, 0) is 0 Å². The minimum Gasteiger partial charge on any atom is -0.507 e. The smallest absolute Gasteiger partial charge is 0.142 e. The minimum absolute atomic E-state index is 0.157. The molecule has 2 aromatic rings. The van der Waals surface area contributed by atoms with Crippen molar-refractivity contribution in [1.29, 1.82) is 0 Å². The van der Waals surface area contributed by atoms with E-state index < -0.39 is 0 Å². The van der Waals surface area contributed by atoms with Gasteiger partial charge in [-0.1, -0.05) is 30.3 Å². The van der Waals surface area contributed by atoms with Crippen LogP contribution in [0.15, 0.2) is 42.5 Å². The normalized spacial score (nSPS) is 10.1. The SMILES string of the molecule is COc1ccc(O)c(-c2ccccc2)c1N. The molecule has 3 heteroatoms. The van der Waals surface area contributed by atoms with Crippen LogP contribution in [-0.4, -0.2) is 12.2 Å². The molecule has 0 bridgehead atoms. The molecule has 0 radical (unpaired) electrons. The van der Waals surface area contributed by atoms with E-state index in [9.17, 15) is 5.11 Å². The van der Waals surface area contributed by atoms with Crippen LogP contribution < -0.4 is 10.5 Å². The van der Waals surface area contributed by atoms with Gasteiger partial charge in [0.05, 0.1) is 18.4 Å². The molecule has 0 heterocycles. The molecule has 0 saturated heterocycles. The van der Waals surface area contributed by atoms with Crippen molar-refractivity contribution in [3.05, 3.63) is 42.5 Å². The molecule has 0 aromatic heterocycles. The molecule has 0 unspecified atom stereocenters. The fourth-order valence-corrected chi connectivity index (χ4v) is 1.68. The number of phenolic OH excluding ortho intramolecular Hbond substituents is 1. The quantitative estimate of drug-likeness (QED) is 0.757. The van der Waals surface area contributed by atoms with Gasteiger partial charge in [-0.15, -0.1) is 0 Å². The third-order valence-electron chi connectivity index (χ3n) is 2.47. The van der Waals surface area contributed by atoms with Crippen LogP contribution in [0.4, 0.5) is 5.69 Å². The Morgan fingerprint density at radius 2 is 1.75 bits per heavy atom. The molecule has 2 aromatic carbocycles. The van der Waals surface area contributed by atoms with E-state index in [0.717, 1.165) is 5.56 Å². The molecule has 0 aliphatic rings. The largest absolute Gasteiger partial charge is 0.507 e. The molecule has 0 amide bonds. The number of anilines is 1. The minimum atomic E-state index is 0.157. The first kappa shape index (κ1) is 10.4. The second-order valence-electron chi connectivity index (χ2n) is 3.44. The number of nitrogen functional groups attached to an aromatic ring is 1. The van der Waals surface area contributed by atoms with Crippen molar-refractivity contribution in [2.45, 2.75) is 0 Å². The summed E-state index contributed by atoms with van der Waals surface area (Å²) in [5.74, 6) is 0.723. The summed E-state index contributed by atoms with van der Waals surface area (Å²) in [7, 11) is 1.55. The van der Waals surface area contributed by atoms with E-state index in [-0.39, 0.29) is 5.75 Å². The Hall–Kier alpha value is -2.16. The van der Waals surface area contributed by atoms with Gasteiger partial charge in [-0.25, -0.2) is 0 Å². The highest BCUT2D eigenvalue weighted by atomic mass is 16.5. The molecular formula is C13H13NO2. The molecule has 0 spiro atoms. The van der Waals surface area contributed by atoms with Gasteiger partial charge in [0.1, 0.15) is 11.5 Å². The number of phenols is 1. The summed E-state index contributed by atoms with van der Waals surface area (Å²) in [6, 6.07) is 12.7. The van der Waals surface area contributed by atoms with Gasteiger partial charge >= 0.3 is 0 Å². The van der Waals surface area contributed by atoms with Crippen LogP contribution in [0.3, 0.4) is 0 Å². The maximum atomic E-state index is 9.83. The Balaban J connectivity index is 2.64. The summed E-state index contributed by atoms with van der Waals surface area (Å²) in [5.41, 5.74) is 7.88. The zero-order valence-electron chi connectivity index (χ0n) is 8.97. The van der Waals surface area contributed by atoms with E-state index in [1.807, 2.05) is 30.3 Å². The summed E-state index contributed by atoms with van der Waals surface area (Å²) in [6.07, 6.45) is 0. The van der Waals surface area contributed by atoms with Gasteiger partial charge in [0.2, 0.25) is 0 Å². The molecule has 82 valence electrons. The molecule has 2 rings (SSSR count). The van der Waals surface area contributed by atoms with Crippen LogP contribution in [0.5, 0.6) is 11.5 Å². The molecule has 16 heavy (non-hydrogen) atoms. The summed E-state index contributed by atoms with van der Waals surface area (Å²) >= 11 is 0. The topological polar surface area (TPSA) is 55.5 Å². The van der Waals surface area contributed by atoms with E-state index in [1.54, 1.807) is 19.2 Å². The third-order valence-corrected chi connectivity index (χ3v) is 2.47. The molecule has 0 fully saturated rings. The fraction of sp³-hybridized carbons (Fsp3) is 0.0769. The van der Waals surface area contributed by atoms with Crippen molar-refractivity contribution in [2.24, 2.45) is 0 Å². The third kappa shape index (κ3) is 1.67. The van der Waals surface area contributed by atoms with Crippen molar-refractivity contribution < 1.29 is 9.84 Å². The predicted molar refractivity (Wildman–Crippen MR) is 64.5 cm³/mol. The highest BCUT2D eigenvalue weighted by Crippen LogP contribution is 2.39. The molecule has 0 atom stereocenters. The lowest BCUT2D eigenvalue weighted by molar-refractivity contribution is 0.415. The Morgan fingerprint density at radius 3 is 2.38 bits per heavy atom. The highest BCUT2D eigenvalue weighted by Gasteiger charge is 2.12.